The topological polar surface area (TPSA) is 75.9 Å². The minimum Gasteiger partial charge on any atom is -0.325 e. The van der Waals surface area contributed by atoms with E-state index in [1.165, 1.54) is 0 Å². The van der Waals surface area contributed by atoms with E-state index in [-0.39, 0.29) is 11.9 Å². The van der Waals surface area contributed by atoms with E-state index in [0.717, 1.165) is 41.0 Å². The van der Waals surface area contributed by atoms with Gasteiger partial charge in [-0.15, -0.1) is 21.5 Å². The molecule has 0 bridgehead atoms. The highest BCUT2D eigenvalue weighted by atomic mass is 79.9. The number of carbonyl (C=O) groups is 1. The molecule has 1 saturated heterocycles. The molecule has 4 rings (SSSR count). The fraction of sp³-hybridized carbons (Fsp3) is 0.333. The molecule has 0 unspecified atom stereocenters. The van der Waals surface area contributed by atoms with Crippen LogP contribution in [0.15, 0.2) is 46.3 Å². The molecule has 2 aromatic heterocycles. The number of hydrogen-bond donors (Lipinski definition) is 1. The van der Waals surface area contributed by atoms with Gasteiger partial charge in [0.1, 0.15) is 0 Å². The molecule has 1 aromatic carbocycles. The standard InChI is InChI=1S/C18H19BrN6OS/c19-13-3-5-14(6-4-13)20-17(26)12-24-9-7-15(8-10-24)25-22-18(21-23-25)16-2-1-11-27-16/h1-6,11,15H,7-10,12H2,(H,20,26). The van der Waals surface area contributed by atoms with E-state index >= 15 is 0 Å². The third-order valence-corrected chi connectivity index (χ3v) is 5.94. The first-order valence-corrected chi connectivity index (χ1v) is 10.5. The number of amides is 1. The van der Waals surface area contributed by atoms with Gasteiger partial charge in [0, 0.05) is 23.2 Å². The van der Waals surface area contributed by atoms with Gasteiger partial charge in [-0.2, -0.15) is 4.80 Å². The Balaban J connectivity index is 1.27. The van der Waals surface area contributed by atoms with Crippen LogP contribution in [0.5, 0.6) is 0 Å². The SMILES string of the molecule is O=C(CN1CCC(n2nnc(-c3cccs3)n2)CC1)Nc1ccc(Br)cc1. The van der Waals surface area contributed by atoms with E-state index < -0.39 is 0 Å². The van der Waals surface area contributed by atoms with E-state index in [0.29, 0.717) is 12.4 Å². The van der Waals surface area contributed by atoms with E-state index in [1.807, 2.05) is 41.8 Å². The average molecular weight is 447 g/mol. The summed E-state index contributed by atoms with van der Waals surface area (Å²) in [6, 6.07) is 11.8. The highest BCUT2D eigenvalue weighted by Crippen LogP contribution is 2.24. The molecule has 0 radical (unpaired) electrons. The summed E-state index contributed by atoms with van der Waals surface area (Å²) in [7, 11) is 0. The Morgan fingerprint density at radius 3 is 2.70 bits per heavy atom. The molecule has 140 valence electrons. The second kappa shape index (κ2) is 8.28. The quantitative estimate of drug-likeness (QED) is 0.649. The largest absolute Gasteiger partial charge is 0.325 e. The molecule has 0 atom stereocenters. The number of anilines is 1. The molecule has 3 heterocycles. The first-order chi connectivity index (χ1) is 13.2. The van der Waals surface area contributed by atoms with Gasteiger partial charge in [-0.3, -0.25) is 9.69 Å². The summed E-state index contributed by atoms with van der Waals surface area (Å²) < 4.78 is 0.992. The molecule has 1 amide bonds. The lowest BCUT2D eigenvalue weighted by Crippen LogP contribution is -2.40. The average Bonchev–Trinajstić information content (AvgIpc) is 3.36. The molecule has 3 aromatic rings. The van der Waals surface area contributed by atoms with Crippen LogP contribution in [0.3, 0.4) is 0 Å². The van der Waals surface area contributed by atoms with E-state index in [2.05, 4.69) is 41.6 Å². The van der Waals surface area contributed by atoms with Gasteiger partial charge in [-0.25, -0.2) is 0 Å². The van der Waals surface area contributed by atoms with Gasteiger partial charge in [0.05, 0.1) is 17.5 Å². The summed E-state index contributed by atoms with van der Waals surface area (Å²) in [6.07, 6.45) is 1.82. The van der Waals surface area contributed by atoms with Crippen LogP contribution < -0.4 is 5.32 Å². The van der Waals surface area contributed by atoms with Gasteiger partial charge in [0.2, 0.25) is 11.7 Å². The fourth-order valence-electron chi connectivity index (χ4n) is 3.13. The predicted octanol–water partition coefficient (Wildman–Crippen LogP) is 3.44. The number of nitrogens with one attached hydrogen (secondary N) is 1. The number of benzene rings is 1. The van der Waals surface area contributed by atoms with Crippen LogP contribution in [0, 0.1) is 0 Å². The lowest BCUT2D eigenvalue weighted by Gasteiger charge is -2.30. The highest BCUT2D eigenvalue weighted by molar-refractivity contribution is 9.10. The number of aromatic nitrogens is 4. The molecule has 27 heavy (non-hydrogen) atoms. The van der Waals surface area contributed by atoms with Crippen LogP contribution in [0.1, 0.15) is 18.9 Å². The summed E-state index contributed by atoms with van der Waals surface area (Å²) in [4.78, 5) is 17.2. The Hall–Kier alpha value is -2.10. The zero-order chi connectivity index (χ0) is 18.6. The normalized spacial score (nSPS) is 15.7. The molecular weight excluding hydrogens is 428 g/mol. The molecule has 1 N–H and O–H groups in total. The molecule has 0 saturated carbocycles. The van der Waals surface area contributed by atoms with Gasteiger partial charge in [0.15, 0.2) is 0 Å². The maximum absolute atomic E-state index is 12.2. The first kappa shape index (κ1) is 18.3. The minimum absolute atomic E-state index is 0.00892. The van der Waals surface area contributed by atoms with Crippen LogP contribution in [0.25, 0.3) is 10.7 Å². The van der Waals surface area contributed by atoms with Crippen molar-refractivity contribution in [3.05, 3.63) is 46.3 Å². The molecule has 1 fully saturated rings. The molecule has 1 aliphatic heterocycles. The fourth-order valence-corrected chi connectivity index (χ4v) is 4.04. The maximum Gasteiger partial charge on any atom is 0.238 e. The van der Waals surface area contributed by atoms with Crippen LogP contribution >= 0.6 is 27.3 Å². The number of nitrogens with zero attached hydrogens (tertiary/aromatic N) is 5. The van der Waals surface area contributed by atoms with Crippen LogP contribution in [-0.4, -0.2) is 50.6 Å². The van der Waals surface area contributed by atoms with Crippen molar-refractivity contribution in [2.75, 3.05) is 25.0 Å². The number of rotatable bonds is 5. The van der Waals surface area contributed by atoms with Crippen molar-refractivity contribution >= 4 is 38.9 Å². The number of carbonyl (C=O) groups excluding carboxylic acids is 1. The summed E-state index contributed by atoms with van der Waals surface area (Å²) in [5.74, 6) is 0.691. The Kier molecular flexibility index (Phi) is 5.61. The number of thiophene rings is 1. The summed E-state index contributed by atoms with van der Waals surface area (Å²) in [5, 5.41) is 17.9. The molecule has 9 heteroatoms. The summed E-state index contributed by atoms with van der Waals surface area (Å²) >= 11 is 5.00. The lowest BCUT2D eigenvalue weighted by molar-refractivity contribution is -0.117. The predicted molar refractivity (Wildman–Crippen MR) is 109 cm³/mol. The van der Waals surface area contributed by atoms with Crippen molar-refractivity contribution in [1.82, 2.24) is 25.1 Å². The number of halogens is 1. The third kappa shape index (κ3) is 4.60. The van der Waals surface area contributed by atoms with Crippen molar-refractivity contribution in [3.8, 4) is 10.7 Å². The first-order valence-electron chi connectivity index (χ1n) is 8.78. The molecule has 7 nitrogen and oxygen atoms in total. The summed E-state index contributed by atoms with van der Waals surface area (Å²) in [6.45, 7) is 2.08. The smallest absolute Gasteiger partial charge is 0.238 e. The van der Waals surface area contributed by atoms with Crippen molar-refractivity contribution in [2.24, 2.45) is 0 Å². The summed E-state index contributed by atoms with van der Waals surface area (Å²) in [5.41, 5.74) is 0.811. The van der Waals surface area contributed by atoms with Crippen LogP contribution in [0.2, 0.25) is 0 Å². The van der Waals surface area contributed by atoms with Crippen molar-refractivity contribution in [1.29, 1.82) is 0 Å². The van der Waals surface area contributed by atoms with Crippen LogP contribution in [0.4, 0.5) is 5.69 Å². The van der Waals surface area contributed by atoms with Gasteiger partial charge in [-0.05, 0) is 53.8 Å². The van der Waals surface area contributed by atoms with Crippen molar-refractivity contribution in [2.45, 2.75) is 18.9 Å². The number of piperidine rings is 1. The Morgan fingerprint density at radius 1 is 1.22 bits per heavy atom. The molecular formula is C18H19BrN6OS. The van der Waals surface area contributed by atoms with Gasteiger partial charge < -0.3 is 5.32 Å². The van der Waals surface area contributed by atoms with Crippen molar-refractivity contribution < 1.29 is 4.79 Å². The molecule has 1 aliphatic rings. The van der Waals surface area contributed by atoms with E-state index in [4.69, 9.17) is 0 Å². The Bertz CT molecular complexity index is 887. The van der Waals surface area contributed by atoms with Crippen molar-refractivity contribution in [3.63, 3.8) is 0 Å². The number of hydrogen-bond acceptors (Lipinski definition) is 6. The Morgan fingerprint density at radius 2 is 2.00 bits per heavy atom. The van der Waals surface area contributed by atoms with E-state index in [1.54, 1.807) is 16.1 Å². The maximum atomic E-state index is 12.2. The second-order valence-electron chi connectivity index (χ2n) is 6.47. The molecule has 0 spiro atoms. The van der Waals surface area contributed by atoms with E-state index in [9.17, 15) is 4.79 Å². The lowest BCUT2D eigenvalue weighted by atomic mass is 10.1. The zero-order valence-electron chi connectivity index (χ0n) is 14.6. The number of likely N-dealkylation sites (tertiary alicyclic amines) is 1. The van der Waals surface area contributed by atoms with Gasteiger partial charge in [0.25, 0.3) is 0 Å². The van der Waals surface area contributed by atoms with Crippen LogP contribution in [-0.2, 0) is 4.79 Å². The highest BCUT2D eigenvalue weighted by Gasteiger charge is 2.24. The Labute approximate surface area is 169 Å². The zero-order valence-corrected chi connectivity index (χ0v) is 17.0. The van der Waals surface area contributed by atoms with Gasteiger partial charge in [-0.1, -0.05) is 22.0 Å². The van der Waals surface area contributed by atoms with Gasteiger partial charge >= 0.3 is 0 Å². The number of tetrazole rings is 1. The second-order valence-corrected chi connectivity index (χ2v) is 8.34. The molecule has 0 aliphatic carbocycles. The third-order valence-electron chi connectivity index (χ3n) is 4.55. The monoisotopic (exact) mass is 446 g/mol. The minimum atomic E-state index is 0.00892.